The molecule has 4 nitrogen and oxygen atoms in total. The van der Waals surface area contributed by atoms with Gasteiger partial charge in [-0.3, -0.25) is 0 Å². The second-order valence-corrected chi connectivity index (χ2v) is 5.41. The van der Waals surface area contributed by atoms with Crippen molar-refractivity contribution in [3.05, 3.63) is 60.3 Å². The SMILES string of the molecule is C=C/C=C(\C=C)c1nc(OC2CNC2)nc2ccc(Cl)cc12. The highest BCUT2D eigenvalue weighted by Gasteiger charge is 2.21. The molecule has 1 N–H and O–H groups in total. The van der Waals surface area contributed by atoms with Gasteiger partial charge >= 0.3 is 6.01 Å². The molecule has 1 aromatic carbocycles. The highest BCUT2D eigenvalue weighted by atomic mass is 35.5. The molecular weight excluding hydrogens is 298 g/mol. The molecule has 3 rings (SSSR count). The average molecular weight is 314 g/mol. The van der Waals surface area contributed by atoms with Gasteiger partial charge < -0.3 is 10.1 Å². The second-order valence-electron chi connectivity index (χ2n) is 4.98. The Kier molecular flexibility index (Phi) is 4.22. The Morgan fingerprint density at radius 2 is 2.14 bits per heavy atom. The van der Waals surface area contributed by atoms with E-state index in [-0.39, 0.29) is 6.10 Å². The molecule has 112 valence electrons. The van der Waals surface area contributed by atoms with Crippen LogP contribution in [0.1, 0.15) is 5.69 Å². The summed E-state index contributed by atoms with van der Waals surface area (Å²) >= 11 is 6.11. The van der Waals surface area contributed by atoms with Crippen LogP contribution in [-0.4, -0.2) is 29.2 Å². The van der Waals surface area contributed by atoms with Gasteiger partial charge in [0.1, 0.15) is 6.10 Å². The van der Waals surface area contributed by atoms with E-state index in [2.05, 4.69) is 28.4 Å². The maximum Gasteiger partial charge on any atom is 0.317 e. The topological polar surface area (TPSA) is 47.0 Å². The van der Waals surface area contributed by atoms with Crippen molar-refractivity contribution < 1.29 is 4.74 Å². The number of ether oxygens (including phenoxy) is 1. The van der Waals surface area contributed by atoms with Gasteiger partial charge in [-0.15, -0.1) is 0 Å². The van der Waals surface area contributed by atoms with Gasteiger partial charge in [0.15, 0.2) is 0 Å². The molecule has 0 atom stereocenters. The molecule has 1 aliphatic heterocycles. The number of nitrogens with one attached hydrogen (secondary N) is 1. The van der Waals surface area contributed by atoms with E-state index in [0.717, 1.165) is 35.3 Å². The van der Waals surface area contributed by atoms with Crippen molar-refractivity contribution in [3.8, 4) is 6.01 Å². The molecule has 0 saturated carbocycles. The van der Waals surface area contributed by atoms with E-state index in [1.165, 1.54) is 0 Å². The summed E-state index contributed by atoms with van der Waals surface area (Å²) in [6, 6.07) is 5.89. The van der Waals surface area contributed by atoms with Gasteiger partial charge in [0.2, 0.25) is 0 Å². The summed E-state index contributed by atoms with van der Waals surface area (Å²) in [5, 5.41) is 4.65. The van der Waals surface area contributed by atoms with E-state index < -0.39 is 0 Å². The minimum atomic E-state index is 0.119. The summed E-state index contributed by atoms with van der Waals surface area (Å²) in [4.78, 5) is 9.02. The van der Waals surface area contributed by atoms with Crippen LogP contribution >= 0.6 is 11.6 Å². The Balaban J connectivity index is 2.15. The molecule has 1 aromatic heterocycles. The number of nitrogens with zero attached hydrogens (tertiary/aromatic N) is 2. The molecule has 0 radical (unpaired) electrons. The van der Waals surface area contributed by atoms with Crippen LogP contribution in [0.5, 0.6) is 6.01 Å². The van der Waals surface area contributed by atoms with E-state index >= 15 is 0 Å². The molecule has 2 heterocycles. The molecule has 1 saturated heterocycles. The van der Waals surface area contributed by atoms with Crippen molar-refractivity contribution in [1.82, 2.24) is 15.3 Å². The zero-order chi connectivity index (χ0) is 15.5. The first kappa shape index (κ1) is 14.8. The zero-order valence-corrected chi connectivity index (χ0v) is 12.8. The highest BCUT2D eigenvalue weighted by molar-refractivity contribution is 6.31. The Morgan fingerprint density at radius 3 is 2.77 bits per heavy atom. The number of hydrogen-bond acceptors (Lipinski definition) is 4. The molecule has 0 amide bonds. The Bertz CT molecular complexity index is 766. The van der Waals surface area contributed by atoms with Crippen LogP contribution in [0.25, 0.3) is 16.5 Å². The van der Waals surface area contributed by atoms with E-state index in [1.54, 1.807) is 18.2 Å². The van der Waals surface area contributed by atoms with Crippen molar-refractivity contribution in [3.63, 3.8) is 0 Å². The lowest BCUT2D eigenvalue weighted by Crippen LogP contribution is -2.50. The van der Waals surface area contributed by atoms with Crippen LogP contribution in [0.15, 0.2) is 49.6 Å². The molecule has 0 aliphatic carbocycles. The summed E-state index contributed by atoms with van der Waals surface area (Å²) in [7, 11) is 0. The maximum atomic E-state index is 6.11. The maximum absolute atomic E-state index is 6.11. The fourth-order valence-corrected chi connectivity index (χ4v) is 2.39. The fourth-order valence-electron chi connectivity index (χ4n) is 2.22. The summed E-state index contributed by atoms with van der Waals surface area (Å²) < 4.78 is 5.80. The summed E-state index contributed by atoms with van der Waals surface area (Å²) in [6.45, 7) is 9.20. The average Bonchev–Trinajstić information content (AvgIpc) is 2.48. The quantitative estimate of drug-likeness (QED) is 0.860. The molecule has 2 aromatic rings. The molecule has 0 spiro atoms. The summed E-state index contributed by atoms with van der Waals surface area (Å²) in [5.74, 6) is 0. The second kappa shape index (κ2) is 6.30. The van der Waals surface area contributed by atoms with Crippen molar-refractivity contribution in [1.29, 1.82) is 0 Å². The third-order valence-corrected chi connectivity index (χ3v) is 3.68. The van der Waals surface area contributed by atoms with Crippen molar-refractivity contribution in [2.75, 3.05) is 13.1 Å². The summed E-state index contributed by atoms with van der Waals surface area (Å²) in [5.41, 5.74) is 2.37. The zero-order valence-electron chi connectivity index (χ0n) is 12.1. The first-order valence-electron chi connectivity index (χ1n) is 7.01. The standard InChI is InChI=1S/C17H16ClN3O/c1-3-5-11(4-2)16-14-8-12(18)6-7-15(14)20-17(21-16)22-13-9-19-10-13/h3-8,13,19H,1-2,9-10H2/b11-5+. The van der Waals surface area contributed by atoms with Crippen LogP contribution in [0.2, 0.25) is 5.02 Å². The molecule has 1 aliphatic rings. The van der Waals surface area contributed by atoms with Crippen LogP contribution in [0.4, 0.5) is 0 Å². The van der Waals surface area contributed by atoms with Crippen molar-refractivity contribution in [2.45, 2.75) is 6.10 Å². The van der Waals surface area contributed by atoms with Gasteiger partial charge in [0, 0.05) is 29.1 Å². The van der Waals surface area contributed by atoms with Crippen LogP contribution < -0.4 is 10.1 Å². The lowest BCUT2D eigenvalue weighted by Gasteiger charge is -2.26. The van der Waals surface area contributed by atoms with Gasteiger partial charge in [-0.25, -0.2) is 0 Å². The predicted octanol–water partition coefficient (Wildman–Crippen LogP) is 3.39. The molecule has 0 unspecified atom stereocenters. The monoisotopic (exact) mass is 313 g/mol. The number of benzene rings is 1. The molecule has 5 heteroatoms. The lowest BCUT2D eigenvalue weighted by atomic mass is 10.1. The number of rotatable bonds is 5. The molecule has 22 heavy (non-hydrogen) atoms. The van der Waals surface area contributed by atoms with Gasteiger partial charge in [0.05, 0.1) is 11.2 Å². The summed E-state index contributed by atoms with van der Waals surface area (Å²) in [6.07, 6.45) is 5.41. The van der Waals surface area contributed by atoms with Gasteiger partial charge in [0.25, 0.3) is 0 Å². The third-order valence-electron chi connectivity index (χ3n) is 3.44. The van der Waals surface area contributed by atoms with Crippen molar-refractivity contribution in [2.24, 2.45) is 0 Å². The Hall–Kier alpha value is -2.17. The van der Waals surface area contributed by atoms with Gasteiger partial charge in [-0.1, -0.05) is 43.0 Å². The highest BCUT2D eigenvalue weighted by Crippen LogP contribution is 2.28. The van der Waals surface area contributed by atoms with E-state index in [9.17, 15) is 0 Å². The molecule has 1 fully saturated rings. The van der Waals surface area contributed by atoms with E-state index in [1.807, 2.05) is 18.2 Å². The first-order chi connectivity index (χ1) is 10.7. The van der Waals surface area contributed by atoms with Crippen LogP contribution in [0, 0.1) is 0 Å². The normalized spacial score (nSPS) is 15.4. The van der Waals surface area contributed by atoms with E-state index in [0.29, 0.717) is 11.0 Å². The molecule has 0 bridgehead atoms. The largest absolute Gasteiger partial charge is 0.457 e. The number of halogens is 1. The number of hydrogen-bond donors (Lipinski definition) is 1. The molecular formula is C17H16ClN3O. The fraction of sp³-hybridized carbons (Fsp3) is 0.176. The first-order valence-corrected chi connectivity index (χ1v) is 7.39. The van der Waals surface area contributed by atoms with Crippen LogP contribution in [0.3, 0.4) is 0 Å². The van der Waals surface area contributed by atoms with Crippen molar-refractivity contribution >= 4 is 28.1 Å². The Morgan fingerprint density at radius 1 is 1.32 bits per heavy atom. The smallest absolute Gasteiger partial charge is 0.317 e. The number of allylic oxidation sites excluding steroid dienone is 4. The number of aromatic nitrogens is 2. The van der Waals surface area contributed by atoms with Gasteiger partial charge in [-0.05, 0) is 18.2 Å². The predicted molar refractivity (Wildman–Crippen MR) is 90.2 cm³/mol. The Labute approximate surface area is 134 Å². The minimum absolute atomic E-state index is 0.119. The van der Waals surface area contributed by atoms with E-state index in [4.69, 9.17) is 16.3 Å². The number of fused-ring (bicyclic) bond motifs is 1. The third kappa shape index (κ3) is 2.89. The van der Waals surface area contributed by atoms with Gasteiger partial charge in [-0.2, -0.15) is 9.97 Å². The lowest BCUT2D eigenvalue weighted by molar-refractivity contribution is 0.130. The minimum Gasteiger partial charge on any atom is -0.457 e. The van der Waals surface area contributed by atoms with Crippen LogP contribution in [-0.2, 0) is 0 Å².